The van der Waals surface area contributed by atoms with Gasteiger partial charge in [-0.05, 0) is 201 Å². The summed E-state index contributed by atoms with van der Waals surface area (Å²) in [7, 11) is 0. The molecule has 7 nitrogen and oxygen atoms in total. The zero-order chi connectivity index (χ0) is 47.8. The van der Waals surface area contributed by atoms with Crippen molar-refractivity contribution in [3.63, 3.8) is 0 Å². The molecule has 68 heavy (non-hydrogen) atoms. The smallest absolute Gasteiger partial charge is 0.182 e. The number of hydrogen-bond acceptors (Lipinski definition) is 5. The molecule has 0 atom stereocenters. The molecule has 0 saturated carbocycles. The van der Waals surface area contributed by atoms with Gasteiger partial charge in [-0.15, -0.1) is 0 Å². The highest BCUT2D eigenvalue weighted by molar-refractivity contribution is 6.07. The van der Waals surface area contributed by atoms with E-state index in [0.717, 1.165) is 131 Å². The third kappa shape index (κ3) is 8.02. The van der Waals surface area contributed by atoms with Gasteiger partial charge in [0.25, 0.3) is 0 Å². The molecule has 0 unspecified atom stereocenters. The van der Waals surface area contributed by atoms with E-state index in [-0.39, 0.29) is 11.4 Å². The quantitative estimate of drug-likeness (QED) is 0.174. The Labute approximate surface area is 401 Å². The number of nitrogens with one attached hydrogen (secondary N) is 2. The van der Waals surface area contributed by atoms with E-state index in [0.29, 0.717) is 24.0 Å². The Morgan fingerprint density at radius 2 is 1.04 bits per heavy atom. The largest absolute Gasteiger partial charge is 0.354 e. The van der Waals surface area contributed by atoms with Crippen LogP contribution in [-0.2, 0) is 30.5 Å². The Bertz CT molecular complexity index is 3220. The van der Waals surface area contributed by atoms with E-state index >= 15 is 0 Å². The highest BCUT2D eigenvalue weighted by Crippen LogP contribution is 2.46. The SMILES string of the molecule is CCC1=C(C)c2nc1cc1[nH]c(c(C)c1CC)c1c3[nH]c(cc4nc(c2-c2ccccc2CCCCC2=CC(=O)C(=CC2=C(C#N)C#N)CCCCc2ccccc2-1)C(C)=C4CC)c(CC)c3C. The number of nitrogens with zero attached hydrogens (tertiary/aromatic N) is 4. The van der Waals surface area contributed by atoms with Crippen LogP contribution >= 0.6 is 0 Å². The molecular weight excluding hydrogens is 833 g/mol. The lowest BCUT2D eigenvalue weighted by Gasteiger charge is -2.18. The number of benzene rings is 2. The molecule has 2 N–H and O–H groups in total. The van der Waals surface area contributed by atoms with Crippen molar-refractivity contribution in [3.05, 3.63) is 151 Å². The molecule has 6 aliphatic heterocycles. The first-order chi connectivity index (χ1) is 33.0. The summed E-state index contributed by atoms with van der Waals surface area (Å²) in [5, 5.41) is 20.2. The van der Waals surface area contributed by atoms with Gasteiger partial charge in [0.1, 0.15) is 17.7 Å². The van der Waals surface area contributed by atoms with E-state index in [1.54, 1.807) is 6.08 Å². The molecule has 7 aliphatic rings. The van der Waals surface area contributed by atoms with Gasteiger partial charge in [0.05, 0.1) is 33.8 Å². The number of carbonyl (C=O) groups excluding carboxylic acids is 1. The minimum absolute atomic E-state index is 0.0227. The van der Waals surface area contributed by atoms with Gasteiger partial charge in [0.15, 0.2) is 5.78 Å². The second-order valence-electron chi connectivity index (χ2n) is 18.8. The van der Waals surface area contributed by atoms with Crippen molar-refractivity contribution in [1.82, 2.24) is 19.9 Å². The number of aromatic amines is 2. The van der Waals surface area contributed by atoms with Crippen LogP contribution in [0.15, 0.2) is 95.1 Å². The van der Waals surface area contributed by atoms with Crippen molar-refractivity contribution in [2.24, 2.45) is 0 Å². The minimum Gasteiger partial charge on any atom is -0.354 e. The van der Waals surface area contributed by atoms with Crippen LogP contribution in [0.4, 0.5) is 0 Å². The molecule has 2 aromatic carbocycles. The lowest BCUT2D eigenvalue weighted by molar-refractivity contribution is -0.111. The third-order valence-electron chi connectivity index (χ3n) is 15.1. The lowest BCUT2D eigenvalue weighted by atomic mass is 9.85. The summed E-state index contributed by atoms with van der Waals surface area (Å²) in [4.78, 5) is 33.3. The van der Waals surface area contributed by atoms with E-state index in [1.165, 1.54) is 61.2 Å². The van der Waals surface area contributed by atoms with E-state index in [4.69, 9.17) is 9.97 Å². The van der Waals surface area contributed by atoms with Gasteiger partial charge < -0.3 is 9.97 Å². The average Bonchev–Trinajstić information content (AvgIpc) is 4.03. The number of nitriles is 2. The Balaban J connectivity index is 1.43. The predicted octanol–water partition coefficient (Wildman–Crippen LogP) is 15.3. The van der Waals surface area contributed by atoms with Crippen molar-refractivity contribution < 1.29 is 4.79 Å². The van der Waals surface area contributed by atoms with Gasteiger partial charge in [-0.1, -0.05) is 76.2 Å². The molecule has 0 spiro atoms. The average molecular weight is 895 g/mol. The van der Waals surface area contributed by atoms with Crippen LogP contribution < -0.4 is 0 Å². The first-order valence-electron chi connectivity index (χ1n) is 24.9. The maximum Gasteiger partial charge on any atom is 0.182 e. The predicted molar refractivity (Wildman–Crippen MR) is 280 cm³/mol. The molecule has 9 heterocycles. The van der Waals surface area contributed by atoms with Crippen LogP contribution in [0.5, 0.6) is 0 Å². The fourth-order valence-corrected chi connectivity index (χ4v) is 11.5. The molecule has 3 aromatic heterocycles. The Kier molecular flexibility index (Phi) is 13.0. The Morgan fingerprint density at radius 3 is 1.51 bits per heavy atom. The fraction of sp³-hybridized carbons (Fsp3) is 0.328. The Morgan fingerprint density at radius 1 is 0.588 bits per heavy atom. The van der Waals surface area contributed by atoms with Crippen LogP contribution in [0.3, 0.4) is 0 Å². The Hall–Kier alpha value is -7.09. The van der Waals surface area contributed by atoms with Crippen LogP contribution in [0, 0.1) is 36.5 Å². The van der Waals surface area contributed by atoms with E-state index in [9.17, 15) is 15.3 Å². The summed E-state index contributed by atoms with van der Waals surface area (Å²) in [6.45, 7) is 18.0. The standard InChI is InChI=1S/C61H62N6O/c1-9-44-35(5)58-56-48-27-19-17-23-39(48)21-13-15-25-41-30-55(68)42(29-50(41)43(33-62)34-63)26-16-14-22-40-24-18-20-28-49(40)57(60-37(7)46(11-3)53(66-60)31-51(44)64-58)61-38(8)47(12-4)54(67-61)32-52-45(10-2)36(6)59(56)65-52/h17-20,23-24,27-32,66-67H,9-16,21-22,25-26H2,1-8H3. The van der Waals surface area contributed by atoms with Gasteiger partial charge in [-0.3, -0.25) is 4.79 Å². The molecule has 1 aliphatic carbocycles. The molecule has 0 radical (unpaired) electrons. The van der Waals surface area contributed by atoms with E-state index < -0.39 is 0 Å². The molecular formula is C61H62N6O. The molecule has 12 rings (SSSR count). The van der Waals surface area contributed by atoms with Gasteiger partial charge in [0.2, 0.25) is 0 Å². The van der Waals surface area contributed by atoms with Gasteiger partial charge in [-0.2, -0.15) is 10.5 Å². The number of aromatic nitrogens is 4. The van der Waals surface area contributed by atoms with Gasteiger partial charge in [-0.25, -0.2) is 9.97 Å². The van der Waals surface area contributed by atoms with E-state index in [2.05, 4.69) is 138 Å². The summed E-state index contributed by atoms with van der Waals surface area (Å²) < 4.78 is 0. The van der Waals surface area contributed by atoms with Crippen molar-refractivity contribution in [2.75, 3.05) is 0 Å². The molecule has 342 valence electrons. The zero-order valence-corrected chi connectivity index (χ0v) is 41.1. The van der Waals surface area contributed by atoms with Crippen LogP contribution in [0.1, 0.15) is 149 Å². The van der Waals surface area contributed by atoms with Crippen molar-refractivity contribution in [1.29, 1.82) is 10.5 Å². The first-order valence-corrected chi connectivity index (χ1v) is 24.9. The molecule has 0 fully saturated rings. The summed E-state index contributed by atoms with van der Waals surface area (Å²) >= 11 is 0. The second-order valence-corrected chi connectivity index (χ2v) is 18.8. The number of H-pyrrole nitrogens is 2. The van der Waals surface area contributed by atoms with Crippen LogP contribution in [0.25, 0.3) is 66.6 Å². The highest BCUT2D eigenvalue weighted by Gasteiger charge is 2.28. The summed E-state index contributed by atoms with van der Waals surface area (Å²) in [5.41, 5.74) is 27.1. The molecule has 0 amide bonds. The molecule has 5 aromatic rings. The van der Waals surface area contributed by atoms with E-state index in [1.807, 2.05) is 6.08 Å². The van der Waals surface area contributed by atoms with Crippen LogP contribution in [-0.4, -0.2) is 25.7 Å². The number of aryl methyl sites for hydroxylation is 6. The monoisotopic (exact) mass is 894 g/mol. The summed E-state index contributed by atoms with van der Waals surface area (Å²) in [6.07, 6.45) is 12.9. The maximum absolute atomic E-state index is 13.8. The molecule has 12 bridgehead atoms. The fourth-order valence-electron chi connectivity index (χ4n) is 11.5. The van der Waals surface area contributed by atoms with Gasteiger partial charge >= 0.3 is 0 Å². The number of allylic oxidation sites excluding steroid dienone is 10. The number of rotatable bonds is 4. The van der Waals surface area contributed by atoms with Crippen molar-refractivity contribution >= 4 is 50.1 Å². The summed E-state index contributed by atoms with van der Waals surface area (Å²) in [5.74, 6) is -0.0227. The lowest BCUT2D eigenvalue weighted by Crippen LogP contribution is -2.09. The van der Waals surface area contributed by atoms with Gasteiger partial charge in [0, 0.05) is 33.3 Å². The number of carbonyl (C=O) groups is 1. The normalized spacial score (nSPS) is 15.4. The third-order valence-corrected chi connectivity index (χ3v) is 15.1. The maximum atomic E-state index is 13.8. The topological polar surface area (TPSA) is 122 Å². The highest BCUT2D eigenvalue weighted by atomic mass is 16.1. The number of ketones is 1. The second kappa shape index (κ2) is 19.3. The van der Waals surface area contributed by atoms with Crippen molar-refractivity contribution in [3.8, 4) is 34.4 Å². The van der Waals surface area contributed by atoms with Crippen molar-refractivity contribution in [2.45, 2.75) is 132 Å². The summed E-state index contributed by atoms with van der Waals surface area (Å²) in [6, 6.07) is 26.4. The zero-order valence-electron chi connectivity index (χ0n) is 41.1. The minimum atomic E-state index is -0.0227. The molecule has 0 saturated heterocycles. The molecule has 7 heteroatoms. The van der Waals surface area contributed by atoms with Crippen LogP contribution in [0.2, 0.25) is 0 Å². The first kappa shape index (κ1) is 46.0. The number of hydrogen-bond donors (Lipinski definition) is 2.